The normalized spacial score (nSPS) is 10.5. The van der Waals surface area contributed by atoms with Crippen molar-refractivity contribution in [3.05, 3.63) is 66.7 Å². The second kappa shape index (κ2) is 7.00. The third kappa shape index (κ3) is 3.30. The van der Waals surface area contributed by atoms with Crippen LogP contribution in [0.1, 0.15) is 5.56 Å². The van der Waals surface area contributed by atoms with Crippen molar-refractivity contribution in [3.8, 4) is 5.75 Å². The molecule has 0 fully saturated rings. The number of hydrogen-bond donors (Lipinski definition) is 1. The molecule has 0 aliphatic carbocycles. The molecule has 2 aromatic carbocycles. The molecule has 0 atom stereocenters. The first-order chi connectivity index (χ1) is 11.7. The highest BCUT2D eigenvalue weighted by Crippen LogP contribution is 2.20. The number of carbonyl (C=O) groups excluding carboxylic acids is 1. The molecule has 1 aromatic heterocycles. The van der Waals surface area contributed by atoms with Crippen molar-refractivity contribution in [2.75, 3.05) is 11.9 Å². The van der Waals surface area contributed by atoms with Crippen LogP contribution >= 0.6 is 0 Å². The fraction of sp³-hybridized carbons (Fsp3) is 0.158. The molecule has 0 saturated carbocycles. The first-order valence-electron chi connectivity index (χ1n) is 7.73. The van der Waals surface area contributed by atoms with Gasteiger partial charge >= 0.3 is 0 Å². The summed E-state index contributed by atoms with van der Waals surface area (Å²) in [5, 5.41) is 2.81. The lowest BCUT2D eigenvalue weighted by Crippen LogP contribution is -2.22. The Morgan fingerprint density at radius 2 is 2.00 bits per heavy atom. The minimum atomic E-state index is -0.251. The van der Waals surface area contributed by atoms with Crippen molar-refractivity contribution in [1.29, 1.82) is 0 Å². The molecular formula is C19H19N3O2. The third-order valence-corrected chi connectivity index (χ3v) is 3.67. The van der Waals surface area contributed by atoms with Gasteiger partial charge in [-0.25, -0.2) is 4.98 Å². The quantitative estimate of drug-likeness (QED) is 0.706. The highest BCUT2D eigenvalue weighted by Gasteiger charge is 2.13. The Kier molecular flexibility index (Phi) is 4.61. The monoisotopic (exact) mass is 321 g/mol. The molecular weight excluding hydrogens is 302 g/mol. The molecule has 0 saturated heterocycles. The zero-order valence-electron chi connectivity index (χ0n) is 13.5. The van der Waals surface area contributed by atoms with Gasteiger partial charge in [0, 0.05) is 6.54 Å². The van der Waals surface area contributed by atoms with Crippen molar-refractivity contribution < 1.29 is 9.53 Å². The Labute approximate surface area is 140 Å². The fourth-order valence-electron chi connectivity index (χ4n) is 2.51. The summed E-state index contributed by atoms with van der Waals surface area (Å²) < 4.78 is 7.49. The van der Waals surface area contributed by atoms with Crippen LogP contribution in [0.3, 0.4) is 0 Å². The predicted octanol–water partition coefficient (Wildman–Crippen LogP) is 3.55. The number of imidazole rings is 1. The van der Waals surface area contributed by atoms with Gasteiger partial charge in [0.25, 0.3) is 5.91 Å². The van der Waals surface area contributed by atoms with Crippen LogP contribution in [0.25, 0.3) is 11.0 Å². The molecule has 0 unspecified atom stereocenters. The molecule has 1 heterocycles. The van der Waals surface area contributed by atoms with Crippen LogP contribution in [0.2, 0.25) is 0 Å². The fourth-order valence-corrected chi connectivity index (χ4v) is 2.51. The molecule has 0 radical (unpaired) electrons. The maximum atomic E-state index is 12.2. The molecule has 0 bridgehead atoms. The summed E-state index contributed by atoms with van der Waals surface area (Å²) in [5.41, 5.74) is 2.77. The first kappa shape index (κ1) is 15.8. The van der Waals surface area contributed by atoms with E-state index in [1.54, 1.807) is 6.08 Å². The Bertz CT molecular complexity index is 883. The van der Waals surface area contributed by atoms with Gasteiger partial charge in [-0.3, -0.25) is 10.1 Å². The zero-order chi connectivity index (χ0) is 16.9. The number of aromatic nitrogens is 2. The van der Waals surface area contributed by atoms with E-state index < -0.39 is 0 Å². The number of para-hydroxylation sites is 3. The first-order valence-corrected chi connectivity index (χ1v) is 7.73. The van der Waals surface area contributed by atoms with Gasteiger partial charge in [0.15, 0.2) is 6.61 Å². The predicted molar refractivity (Wildman–Crippen MR) is 95.2 cm³/mol. The van der Waals surface area contributed by atoms with Crippen LogP contribution in [0.5, 0.6) is 5.75 Å². The van der Waals surface area contributed by atoms with Gasteiger partial charge in [0.2, 0.25) is 5.95 Å². The number of allylic oxidation sites excluding steroid dienone is 1. The van der Waals surface area contributed by atoms with E-state index in [-0.39, 0.29) is 12.5 Å². The van der Waals surface area contributed by atoms with Gasteiger partial charge in [-0.1, -0.05) is 36.4 Å². The summed E-state index contributed by atoms with van der Waals surface area (Å²) in [4.78, 5) is 16.7. The van der Waals surface area contributed by atoms with Crippen molar-refractivity contribution in [2.45, 2.75) is 13.5 Å². The van der Waals surface area contributed by atoms with Crippen molar-refractivity contribution >= 4 is 22.9 Å². The molecule has 3 rings (SSSR count). The molecule has 3 aromatic rings. The van der Waals surface area contributed by atoms with Crippen molar-refractivity contribution in [1.82, 2.24) is 9.55 Å². The number of aryl methyl sites for hydroxylation is 1. The van der Waals surface area contributed by atoms with Gasteiger partial charge in [-0.2, -0.15) is 0 Å². The Morgan fingerprint density at radius 3 is 2.79 bits per heavy atom. The van der Waals surface area contributed by atoms with E-state index in [1.807, 2.05) is 60.0 Å². The lowest BCUT2D eigenvalue weighted by molar-refractivity contribution is -0.118. The minimum absolute atomic E-state index is 0.0673. The van der Waals surface area contributed by atoms with Gasteiger partial charge in [-0.15, -0.1) is 6.58 Å². The molecule has 0 aliphatic heterocycles. The Balaban J connectivity index is 1.74. The average molecular weight is 321 g/mol. The molecule has 0 aliphatic rings. The van der Waals surface area contributed by atoms with Crippen LogP contribution in [-0.4, -0.2) is 22.1 Å². The second-order valence-corrected chi connectivity index (χ2v) is 5.43. The maximum Gasteiger partial charge on any atom is 0.264 e. The van der Waals surface area contributed by atoms with Crippen LogP contribution in [0.15, 0.2) is 61.2 Å². The largest absolute Gasteiger partial charge is 0.483 e. The van der Waals surface area contributed by atoms with Gasteiger partial charge in [0.1, 0.15) is 5.75 Å². The number of hydrogen-bond acceptors (Lipinski definition) is 3. The molecule has 5 heteroatoms. The number of ether oxygens (including phenoxy) is 1. The SMILES string of the molecule is C=CCn1c(NC(=O)COc2ccccc2C)nc2ccccc21. The van der Waals surface area contributed by atoms with Crippen molar-refractivity contribution in [2.24, 2.45) is 0 Å². The van der Waals surface area contributed by atoms with Gasteiger partial charge in [0.05, 0.1) is 11.0 Å². The molecule has 5 nitrogen and oxygen atoms in total. The number of carbonyl (C=O) groups is 1. The van der Waals surface area contributed by atoms with E-state index in [4.69, 9.17) is 4.74 Å². The summed E-state index contributed by atoms with van der Waals surface area (Å²) >= 11 is 0. The van der Waals surface area contributed by atoms with Crippen LogP contribution in [-0.2, 0) is 11.3 Å². The lowest BCUT2D eigenvalue weighted by Gasteiger charge is -2.10. The third-order valence-electron chi connectivity index (χ3n) is 3.67. The number of anilines is 1. The number of benzene rings is 2. The van der Waals surface area contributed by atoms with Gasteiger partial charge in [-0.05, 0) is 30.7 Å². The second-order valence-electron chi connectivity index (χ2n) is 5.43. The lowest BCUT2D eigenvalue weighted by atomic mass is 10.2. The van der Waals surface area contributed by atoms with E-state index in [0.717, 1.165) is 16.6 Å². The van der Waals surface area contributed by atoms with E-state index in [9.17, 15) is 4.79 Å². The summed E-state index contributed by atoms with van der Waals surface area (Å²) in [6.07, 6.45) is 1.77. The number of nitrogens with one attached hydrogen (secondary N) is 1. The van der Waals surface area contributed by atoms with E-state index in [2.05, 4.69) is 16.9 Å². The zero-order valence-corrected chi connectivity index (χ0v) is 13.5. The Hall–Kier alpha value is -3.08. The van der Waals surface area contributed by atoms with Crippen LogP contribution < -0.4 is 10.1 Å². The summed E-state index contributed by atoms with van der Waals surface area (Å²) in [6, 6.07) is 15.3. The number of amides is 1. The number of nitrogens with zero attached hydrogens (tertiary/aromatic N) is 2. The van der Waals surface area contributed by atoms with Crippen LogP contribution in [0, 0.1) is 6.92 Å². The summed E-state index contributed by atoms with van der Waals surface area (Å²) in [5.74, 6) is 0.945. The highest BCUT2D eigenvalue weighted by atomic mass is 16.5. The number of rotatable bonds is 6. The molecule has 1 amide bonds. The van der Waals surface area contributed by atoms with E-state index in [0.29, 0.717) is 18.2 Å². The van der Waals surface area contributed by atoms with E-state index >= 15 is 0 Å². The number of fused-ring (bicyclic) bond motifs is 1. The smallest absolute Gasteiger partial charge is 0.264 e. The average Bonchev–Trinajstić information content (AvgIpc) is 2.92. The van der Waals surface area contributed by atoms with E-state index in [1.165, 1.54) is 0 Å². The topological polar surface area (TPSA) is 56.2 Å². The van der Waals surface area contributed by atoms with Crippen LogP contribution in [0.4, 0.5) is 5.95 Å². The summed E-state index contributed by atoms with van der Waals surface area (Å²) in [6.45, 7) is 6.20. The molecule has 1 N–H and O–H groups in total. The standard InChI is InChI=1S/C19H19N3O2/c1-3-12-22-16-10-6-5-9-15(16)20-19(22)21-18(23)13-24-17-11-7-4-8-14(17)2/h3-11H,1,12-13H2,2H3,(H,20,21,23). The molecule has 122 valence electrons. The maximum absolute atomic E-state index is 12.2. The Morgan fingerprint density at radius 1 is 1.25 bits per heavy atom. The molecule has 0 spiro atoms. The van der Waals surface area contributed by atoms with Crippen molar-refractivity contribution in [3.63, 3.8) is 0 Å². The summed E-state index contributed by atoms with van der Waals surface area (Å²) in [7, 11) is 0. The highest BCUT2D eigenvalue weighted by molar-refractivity contribution is 5.92. The van der Waals surface area contributed by atoms with Gasteiger partial charge < -0.3 is 9.30 Å². The minimum Gasteiger partial charge on any atom is -0.483 e. The molecule has 24 heavy (non-hydrogen) atoms.